The number of pyridine rings is 2. The summed E-state index contributed by atoms with van der Waals surface area (Å²) >= 11 is 0. The second-order valence-corrected chi connectivity index (χ2v) is 3.76. The largest absolute Gasteiger partial charge is 0.465 e. The molecule has 8 heteroatoms. The summed E-state index contributed by atoms with van der Waals surface area (Å²) in [7, 11) is 0. The van der Waals surface area contributed by atoms with Crippen LogP contribution < -0.4 is 5.32 Å². The molecule has 2 heterocycles. The molecule has 0 radical (unpaired) electrons. The summed E-state index contributed by atoms with van der Waals surface area (Å²) in [5, 5.41) is 10.6. The van der Waals surface area contributed by atoms with E-state index in [1.54, 1.807) is 0 Å². The summed E-state index contributed by atoms with van der Waals surface area (Å²) < 4.78 is 38.3. The predicted molar refractivity (Wildman–Crippen MR) is 64.0 cm³/mol. The van der Waals surface area contributed by atoms with E-state index < -0.39 is 24.0 Å². The number of carbonyl (C=O) groups is 1. The summed E-state index contributed by atoms with van der Waals surface area (Å²) in [5.74, 6) is -1.21. The van der Waals surface area contributed by atoms with Crippen molar-refractivity contribution in [3.8, 4) is 11.1 Å². The summed E-state index contributed by atoms with van der Waals surface area (Å²) in [6.45, 7) is 0. The average molecular weight is 283 g/mol. The zero-order valence-corrected chi connectivity index (χ0v) is 9.85. The fourth-order valence-corrected chi connectivity index (χ4v) is 1.56. The van der Waals surface area contributed by atoms with Gasteiger partial charge in [0.1, 0.15) is 5.82 Å². The van der Waals surface area contributed by atoms with E-state index in [0.29, 0.717) is 5.56 Å². The third-order valence-electron chi connectivity index (χ3n) is 2.43. The molecule has 5 nitrogen and oxygen atoms in total. The smallest absolute Gasteiger partial charge is 0.410 e. The van der Waals surface area contributed by atoms with Crippen molar-refractivity contribution in [3.63, 3.8) is 0 Å². The predicted octanol–water partition coefficient (Wildman–Crippen LogP) is 3.31. The van der Waals surface area contributed by atoms with Crippen molar-refractivity contribution in [2.24, 2.45) is 0 Å². The average Bonchev–Trinajstić information content (AvgIpc) is 2.38. The van der Waals surface area contributed by atoms with Gasteiger partial charge in [0.05, 0.1) is 5.56 Å². The number of rotatable bonds is 3. The van der Waals surface area contributed by atoms with Crippen LogP contribution in [0.25, 0.3) is 11.1 Å². The lowest BCUT2D eigenvalue weighted by atomic mass is 10.1. The molecule has 2 aromatic rings. The summed E-state index contributed by atoms with van der Waals surface area (Å²) in [6, 6.07) is 3.77. The third kappa shape index (κ3) is 3.02. The van der Waals surface area contributed by atoms with Gasteiger partial charge in [0.25, 0.3) is 6.43 Å². The molecule has 0 fully saturated rings. The molecular weight excluding hydrogens is 275 g/mol. The second-order valence-electron chi connectivity index (χ2n) is 3.76. The summed E-state index contributed by atoms with van der Waals surface area (Å²) in [5.41, 5.74) is -0.192. The van der Waals surface area contributed by atoms with Crippen LogP contribution >= 0.6 is 0 Å². The van der Waals surface area contributed by atoms with E-state index in [1.165, 1.54) is 18.3 Å². The monoisotopic (exact) mass is 283 g/mol. The molecule has 0 aliphatic rings. The van der Waals surface area contributed by atoms with Gasteiger partial charge in [0.15, 0.2) is 0 Å². The van der Waals surface area contributed by atoms with Crippen LogP contribution in [-0.2, 0) is 0 Å². The highest BCUT2D eigenvalue weighted by Gasteiger charge is 2.16. The van der Waals surface area contributed by atoms with Crippen LogP contribution in [0.5, 0.6) is 0 Å². The number of hydrogen-bond acceptors (Lipinski definition) is 3. The molecular formula is C12H8F3N3O2. The highest BCUT2D eigenvalue weighted by Crippen LogP contribution is 2.27. The first-order chi connectivity index (χ1) is 9.47. The minimum absolute atomic E-state index is 0.0259. The number of nitrogens with zero attached hydrogens (tertiary/aromatic N) is 2. The molecule has 0 spiro atoms. The Morgan fingerprint density at radius 1 is 1.25 bits per heavy atom. The Balaban J connectivity index is 2.41. The van der Waals surface area contributed by atoms with E-state index in [2.05, 4.69) is 9.97 Å². The third-order valence-corrected chi connectivity index (χ3v) is 2.43. The summed E-state index contributed by atoms with van der Waals surface area (Å²) in [4.78, 5) is 17.5. The second kappa shape index (κ2) is 5.55. The van der Waals surface area contributed by atoms with E-state index in [-0.39, 0.29) is 11.4 Å². The quantitative estimate of drug-likeness (QED) is 0.847. The maximum absolute atomic E-state index is 13.1. The lowest BCUT2D eigenvalue weighted by molar-refractivity contribution is 0.145. The van der Waals surface area contributed by atoms with Crippen molar-refractivity contribution in [2.75, 3.05) is 5.32 Å². The van der Waals surface area contributed by atoms with Crippen molar-refractivity contribution < 1.29 is 23.1 Å². The Bertz CT molecular complexity index is 650. The fourth-order valence-electron chi connectivity index (χ4n) is 1.56. The van der Waals surface area contributed by atoms with Crippen LogP contribution in [0, 0.1) is 5.95 Å². The van der Waals surface area contributed by atoms with Crippen molar-refractivity contribution in [2.45, 2.75) is 6.43 Å². The number of anilines is 1. The van der Waals surface area contributed by atoms with Gasteiger partial charge >= 0.3 is 6.09 Å². The van der Waals surface area contributed by atoms with Gasteiger partial charge in [-0.15, -0.1) is 0 Å². The first-order valence-electron chi connectivity index (χ1n) is 5.37. The van der Waals surface area contributed by atoms with Gasteiger partial charge in [-0.05, 0) is 23.8 Å². The zero-order chi connectivity index (χ0) is 14.7. The Morgan fingerprint density at radius 3 is 2.65 bits per heavy atom. The van der Waals surface area contributed by atoms with Crippen molar-refractivity contribution in [1.29, 1.82) is 0 Å². The van der Waals surface area contributed by atoms with Gasteiger partial charge in [0.2, 0.25) is 5.95 Å². The first kappa shape index (κ1) is 13.8. The number of aromatic nitrogens is 2. The van der Waals surface area contributed by atoms with E-state index in [1.807, 2.05) is 5.32 Å². The van der Waals surface area contributed by atoms with Gasteiger partial charge in [-0.1, -0.05) is 0 Å². The van der Waals surface area contributed by atoms with Crippen molar-refractivity contribution in [1.82, 2.24) is 9.97 Å². The maximum atomic E-state index is 13.1. The van der Waals surface area contributed by atoms with Crippen LogP contribution in [0.15, 0.2) is 30.6 Å². The number of halogens is 3. The van der Waals surface area contributed by atoms with Gasteiger partial charge in [-0.25, -0.2) is 23.5 Å². The maximum Gasteiger partial charge on any atom is 0.410 e. The molecule has 0 unspecified atom stereocenters. The molecule has 104 valence electrons. The molecule has 0 bridgehead atoms. The first-order valence-corrected chi connectivity index (χ1v) is 5.37. The number of carboxylic acid groups (broad SMARTS) is 1. The molecule has 0 aliphatic heterocycles. The van der Waals surface area contributed by atoms with Gasteiger partial charge < -0.3 is 5.11 Å². The van der Waals surface area contributed by atoms with Crippen molar-refractivity contribution >= 4 is 11.9 Å². The fraction of sp³-hybridized carbons (Fsp3) is 0.0833. The van der Waals surface area contributed by atoms with Crippen molar-refractivity contribution in [3.05, 3.63) is 42.1 Å². The van der Waals surface area contributed by atoms with Crippen LogP contribution in [-0.4, -0.2) is 21.2 Å². The van der Waals surface area contributed by atoms with E-state index in [0.717, 1.165) is 12.3 Å². The molecule has 2 aromatic heterocycles. The molecule has 0 atom stereocenters. The normalized spacial score (nSPS) is 10.6. The lowest BCUT2D eigenvalue weighted by Gasteiger charge is -2.07. The standard InChI is InChI=1S/C12H8F3N3O2/c13-10(14)8-3-7(5-17-11(8)15)6-1-2-16-9(4-6)18-12(19)20/h1-5,10H,(H,16,18)(H,19,20). The molecule has 0 aliphatic carbocycles. The Hall–Kier alpha value is -2.64. The number of nitrogens with one attached hydrogen (secondary N) is 1. The van der Waals surface area contributed by atoms with Gasteiger partial charge in [-0.2, -0.15) is 4.39 Å². The van der Waals surface area contributed by atoms with E-state index in [4.69, 9.17) is 5.11 Å². The molecule has 0 saturated heterocycles. The zero-order valence-electron chi connectivity index (χ0n) is 9.85. The highest BCUT2D eigenvalue weighted by molar-refractivity contribution is 5.82. The number of alkyl halides is 2. The summed E-state index contributed by atoms with van der Waals surface area (Å²) in [6.07, 6.45) is -1.91. The Morgan fingerprint density at radius 2 is 2.00 bits per heavy atom. The molecule has 0 aromatic carbocycles. The van der Waals surface area contributed by atoms with Crippen LogP contribution in [0.4, 0.5) is 23.8 Å². The molecule has 0 saturated carbocycles. The highest BCUT2D eigenvalue weighted by atomic mass is 19.3. The minimum Gasteiger partial charge on any atom is -0.465 e. The van der Waals surface area contributed by atoms with Crippen LogP contribution in [0.1, 0.15) is 12.0 Å². The lowest BCUT2D eigenvalue weighted by Crippen LogP contribution is -2.08. The van der Waals surface area contributed by atoms with E-state index in [9.17, 15) is 18.0 Å². The Kier molecular flexibility index (Phi) is 3.83. The van der Waals surface area contributed by atoms with Gasteiger partial charge in [0, 0.05) is 18.0 Å². The Labute approximate surface area is 111 Å². The molecule has 2 N–H and O–H groups in total. The molecule has 2 rings (SSSR count). The van der Waals surface area contributed by atoms with Gasteiger partial charge in [-0.3, -0.25) is 5.32 Å². The van der Waals surface area contributed by atoms with Crippen LogP contribution in [0.2, 0.25) is 0 Å². The topological polar surface area (TPSA) is 75.1 Å². The van der Waals surface area contributed by atoms with Crippen LogP contribution in [0.3, 0.4) is 0 Å². The molecule has 1 amide bonds. The molecule has 20 heavy (non-hydrogen) atoms. The SMILES string of the molecule is O=C(O)Nc1cc(-c2cnc(F)c(C(F)F)c2)ccn1. The number of hydrogen-bond donors (Lipinski definition) is 2. The number of amides is 1. The minimum atomic E-state index is -2.99. The van der Waals surface area contributed by atoms with E-state index >= 15 is 0 Å².